The van der Waals surface area contributed by atoms with Crippen molar-refractivity contribution in [3.05, 3.63) is 34.9 Å². The molecule has 1 atom stereocenters. The summed E-state index contributed by atoms with van der Waals surface area (Å²) in [6.07, 6.45) is 0.772. The number of amides is 4. The van der Waals surface area contributed by atoms with Crippen LogP contribution in [0.5, 0.6) is 0 Å². The van der Waals surface area contributed by atoms with Crippen LogP contribution >= 0.6 is 0 Å². The number of halogens is 1. The van der Waals surface area contributed by atoms with Gasteiger partial charge in [-0.3, -0.25) is 29.4 Å². The van der Waals surface area contributed by atoms with E-state index in [1.54, 1.807) is 12.1 Å². The average molecular weight is 388 g/mol. The zero-order chi connectivity index (χ0) is 20.1. The summed E-state index contributed by atoms with van der Waals surface area (Å²) < 4.78 is 14.3. The molecule has 0 aromatic heterocycles. The molecule has 148 valence electrons. The molecule has 2 heterocycles. The Hall–Kier alpha value is -2.65. The summed E-state index contributed by atoms with van der Waals surface area (Å²) in [5.41, 5.74) is 5.31. The van der Waals surface area contributed by atoms with E-state index in [-0.39, 0.29) is 43.1 Å². The second kappa shape index (κ2) is 6.75. The number of benzene rings is 1. The molecule has 9 heteroatoms. The Morgan fingerprint density at radius 1 is 1.21 bits per heavy atom. The lowest BCUT2D eigenvalue weighted by Gasteiger charge is -2.39. The molecule has 1 saturated carbocycles. The van der Waals surface area contributed by atoms with E-state index in [2.05, 4.69) is 10.6 Å². The first-order valence-corrected chi connectivity index (χ1v) is 9.28. The molecule has 0 radical (unpaired) electrons. The third kappa shape index (κ3) is 3.10. The molecule has 2 aliphatic heterocycles. The number of fused-ring (bicyclic) bond motifs is 1. The lowest BCUT2D eigenvalue weighted by Crippen LogP contribution is -2.54. The Labute approximate surface area is 160 Å². The molecule has 1 aromatic rings. The molecule has 4 N–H and O–H groups in total. The van der Waals surface area contributed by atoms with Gasteiger partial charge < -0.3 is 11.1 Å². The Morgan fingerprint density at radius 2 is 1.96 bits per heavy atom. The zero-order valence-corrected chi connectivity index (χ0v) is 15.2. The van der Waals surface area contributed by atoms with Crippen LogP contribution in [0.3, 0.4) is 0 Å². The van der Waals surface area contributed by atoms with E-state index in [9.17, 15) is 23.6 Å². The van der Waals surface area contributed by atoms with Gasteiger partial charge in [-0.25, -0.2) is 4.39 Å². The normalized spacial score (nSPS) is 29.6. The SMILES string of the molecule is NC1CC(F)(CNCc2cccc3c2C(=O)N(C2CCC(=O)NC2=O)C3=O)C1. The quantitative estimate of drug-likeness (QED) is 0.611. The molecule has 1 saturated heterocycles. The predicted molar refractivity (Wildman–Crippen MR) is 95.9 cm³/mol. The molecule has 8 nitrogen and oxygen atoms in total. The topological polar surface area (TPSA) is 122 Å². The summed E-state index contributed by atoms with van der Waals surface area (Å²) in [6, 6.07) is 3.76. The third-order valence-electron chi connectivity index (χ3n) is 5.57. The smallest absolute Gasteiger partial charge is 0.262 e. The van der Waals surface area contributed by atoms with Crippen LogP contribution in [0.15, 0.2) is 18.2 Å². The molecule has 28 heavy (non-hydrogen) atoms. The van der Waals surface area contributed by atoms with Gasteiger partial charge in [0.1, 0.15) is 11.7 Å². The molecule has 4 amide bonds. The van der Waals surface area contributed by atoms with E-state index in [1.807, 2.05) is 0 Å². The molecule has 0 bridgehead atoms. The predicted octanol–water partition coefficient (Wildman–Crippen LogP) is 0.00680. The maximum Gasteiger partial charge on any atom is 0.262 e. The number of hydrogen-bond acceptors (Lipinski definition) is 6. The third-order valence-corrected chi connectivity index (χ3v) is 5.57. The van der Waals surface area contributed by atoms with Gasteiger partial charge >= 0.3 is 0 Å². The zero-order valence-electron chi connectivity index (χ0n) is 15.2. The summed E-state index contributed by atoms with van der Waals surface area (Å²) >= 11 is 0. The average Bonchev–Trinajstić information content (AvgIpc) is 2.86. The molecule has 1 unspecified atom stereocenters. The van der Waals surface area contributed by atoms with Crippen molar-refractivity contribution in [1.29, 1.82) is 0 Å². The fourth-order valence-corrected chi connectivity index (χ4v) is 4.18. The molecule has 0 spiro atoms. The summed E-state index contributed by atoms with van der Waals surface area (Å²) in [6.45, 7) is 0.329. The number of piperidine rings is 1. The van der Waals surface area contributed by atoms with Crippen LogP contribution < -0.4 is 16.4 Å². The van der Waals surface area contributed by atoms with Crippen molar-refractivity contribution in [3.63, 3.8) is 0 Å². The number of rotatable bonds is 5. The molecule has 3 aliphatic rings. The first-order valence-electron chi connectivity index (χ1n) is 9.28. The highest BCUT2D eigenvalue weighted by Crippen LogP contribution is 2.34. The molecule has 4 rings (SSSR count). The highest BCUT2D eigenvalue weighted by atomic mass is 19.1. The van der Waals surface area contributed by atoms with Gasteiger partial charge in [-0.15, -0.1) is 0 Å². The van der Waals surface area contributed by atoms with Gasteiger partial charge in [0, 0.05) is 25.6 Å². The summed E-state index contributed by atoms with van der Waals surface area (Å²) in [5, 5.41) is 5.17. The number of alkyl halides is 1. The van der Waals surface area contributed by atoms with Crippen LogP contribution in [0.25, 0.3) is 0 Å². The fraction of sp³-hybridized carbons (Fsp3) is 0.474. The number of carbonyl (C=O) groups is 4. The van der Waals surface area contributed by atoms with E-state index in [1.165, 1.54) is 6.07 Å². The van der Waals surface area contributed by atoms with E-state index in [4.69, 9.17) is 5.73 Å². The molecule has 1 aliphatic carbocycles. The van der Waals surface area contributed by atoms with E-state index >= 15 is 0 Å². The van der Waals surface area contributed by atoms with Crippen molar-refractivity contribution < 1.29 is 23.6 Å². The number of nitrogens with zero attached hydrogens (tertiary/aromatic N) is 1. The van der Waals surface area contributed by atoms with Crippen molar-refractivity contribution in [3.8, 4) is 0 Å². The van der Waals surface area contributed by atoms with Gasteiger partial charge in [-0.1, -0.05) is 12.1 Å². The van der Waals surface area contributed by atoms with Gasteiger partial charge in [-0.05, 0) is 30.9 Å². The minimum atomic E-state index is -1.34. The minimum Gasteiger partial charge on any atom is -0.327 e. The van der Waals surface area contributed by atoms with Crippen LogP contribution in [0.4, 0.5) is 4.39 Å². The van der Waals surface area contributed by atoms with Crippen LogP contribution in [0, 0.1) is 0 Å². The fourth-order valence-electron chi connectivity index (χ4n) is 4.18. The van der Waals surface area contributed by atoms with Crippen LogP contribution in [-0.2, 0) is 16.1 Å². The summed E-state index contributed by atoms with van der Waals surface area (Å²) in [4.78, 5) is 50.1. The first kappa shape index (κ1) is 18.7. The van der Waals surface area contributed by atoms with E-state index < -0.39 is 35.3 Å². The van der Waals surface area contributed by atoms with Crippen molar-refractivity contribution in [1.82, 2.24) is 15.5 Å². The lowest BCUT2D eigenvalue weighted by molar-refractivity contribution is -0.136. The first-order chi connectivity index (χ1) is 13.3. The Balaban J connectivity index is 1.51. The maximum absolute atomic E-state index is 14.3. The Morgan fingerprint density at radius 3 is 2.64 bits per heavy atom. The molecule has 2 fully saturated rings. The molecular weight excluding hydrogens is 367 g/mol. The van der Waals surface area contributed by atoms with Crippen LogP contribution in [-0.4, -0.2) is 52.8 Å². The highest BCUT2D eigenvalue weighted by molar-refractivity contribution is 6.24. The Kier molecular flexibility index (Phi) is 4.51. The standard InChI is InChI=1S/C19H21FN4O4/c20-19(6-11(21)7-19)9-22-8-10-2-1-3-12-15(10)18(28)24(17(12)27)13-4-5-14(25)23-16(13)26/h1-3,11,13,22H,4-9,21H2,(H,23,25,26). The lowest BCUT2D eigenvalue weighted by atomic mass is 9.78. The van der Waals surface area contributed by atoms with Crippen molar-refractivity contribution in [2.45, 2.75) is 50.0 Å². The largest absolute Gasteiger partial charge is 0.327 e. The second-order valence-corrected chi connectivity index (χ2v) is 7.71. The van der Waals surface area contributed by atoms with E-state index in [0.717, 1.165) is 4.90 Å². The van der Waals surface area contributed by atoms with Crippen molar-refractivity contribution >= 4 is 23.6 Å². The number of hydrogen-bond donors (Lipinski definition) is 3. The number of imide groups is 2. The highest BCUT2D eigenvalue weighted by Gasteiger charge is 2.46. The number of nitrogens with two attached hydrogens (primary N) is 1. The van der Waals surface area contributed by atoms with Crippen LogP contribution in [0.2, 0.25) is 0 Å². The van der Waals surface area contributed by atoms with Gasteiger partial charge in [-0.2, -0.15) is 0 Å². The van der Waals surface area contributed by atoms with Crippen LogP contribution in [0.1, 0.15) is 52.0 Å². The van der Waals surface area contributed by atoms with Gasteiger partial charge in [0.15, 0.2) is 0 Å². The number of carbonyl (C=O) groups excluding carboxylic acids is 4. The van der Waals surface area contributed by atoms with Gasteiger partial charge in [0.05, 0.1) is 11.1 Å². The van der Waals surface area contributed by atoms with Crippen molar-refractivity contribution in [2.24, 2.45) is 5.73 Å². The summed E-state index contributed by atoms with van der Waals surface area (Å²) in [7, 11) is 0. The number of nitrogens with one attached hydrogen (secondary N) is 2. The van der Waals surface area contributed by atoms with E-state index in [0.29, 0.717) is 18.4 Å². The van der Waals surface area contributed by atoms with Gasteiger partial charge in [0.2, 0.25) is 11.8 Å². The Bertz CT molecular complexity index is 881. The second-order valence-electron chi connectivity index (χ2n) is 7.71. The molecular formula is C19H21FN4O4. The van der Waals surface area contributed by atoms with Gasteiger partial charge in [0.25, 0.3) is 11.8 Å². The molecule has 1 aromatic carbocycles. The minimum absolute atomic E-state index is 0.0684. The maximum atomic E-state index is 14.3. The summed E-state index contributed by atoms with van der Waals surface area (Å²) in [5.74, 6) is -2.18. The van der Waals surface area contributed by atoms with Crippen molar-refractivity contribution in [2.75, 3.05) is 6.54 Å². The monoisotopic (exact) mass is 388 g/mol.